The number of hydrogen-bond donors (Lipinski definition) is 0. The van der Waals surface area contributed by atoms with Crippen molar-refractivity contribution < 1.29 is 18.3 Å². The Morgan fingerprint density at radius 3 is 2.39 bits per heavy atom. The molecule has 4 heteroatoms. The first-order valence-corrected chi connectivity index (χ1v) is 9.36. The molecular weight excluding hydrogens is 358 g/mol. The third-order valence-corrected chi connectivity index (χ3v) is 4.95. The second kappa shape index (κ2) is 8.10. The van der Waals surface area contributed by atoms with Gasteiger partial charge in [-0.05, 0) is 53.6 Å². The molecule has 0 radical (unpaired) electrons. The van der Waals surface area contributed by atoms with E-state index in [0.717, 1.165) is 22.8 Å². The van der Waals surface area contributed by atoms with Gasteiger partial charge in [0.1, 0.15) is 11.6 Å². The van der Waals surface area contributed by atoms with E-state index < -0.39 is 12.1 Å². The third kappa shape index (κ3) is 4.06. The Labute approximate surface area is 163 Å². The maximum absolute atomic E-state index is 14.5. The maximum atomic E-state index is 14.5. The second-order valence-corrected chi connectivity index (χ2v) is 6.97. The van der Waals surface area contributed by atoms with Gasteiger partial charge in [0, 0.05) is 17.0 Å². The van der Waals surface area contributed by atoms with Crippen LogP contribution in [-0.2, 0) is 9.47 Å². The Morgan fingerprint density at radius 1 is 0.893 bits per heavy atom. The highest BCUT2D eigenvalue weighted by Crippen LogP contribution is 2.27. The van der Waals surface area contributed by atoms with Crippen molar-refractivity contribution in [2.24, 2.45) is 5.92 Å². The third-order valence-electron chi connectivity index (χ3n) is 4.95. The van der Waals surface area contributed by atoms with Crippen molar-refractivity contribution in [1.29, 1.82) is 0 Å². The van der Waals surface area contributed by atoms with Crippen molar-refractivity contribution >= 4 is 10.8 Å². The number of ether oxygens (including phenoxy) is 2. The molecule has 1 aliphatic rings. The Hall–Kier alpha value is -2.74. The van der Waals surface area contributed by atoms with Crippen LogP contribution < -0.4 is 0 Å². The van der Waals surface area contributed by atoms with E-state index in [4.69, 9.17) is 9.47 Å². The molecule has 28 heavy (non-hydrogen) atoms. The van der Waals surface area contributed by atoms with Crippen LogP contribution in [0.2, 0.25) is 0 Å². The Bertz CT molecular complexity index is 1060. The number of benzene rings is 3. The van der Waals surface area contributed by atoms with Crippen LogP contribution in [0.4, 0.5) is 8.78 Å². The lowest BCUT2D eigenvalue weighted by atomic mass is 10.1. The number of fused-ring (bicyclic) bond motifs is 1. The van der Waals surface area contributed by atoms with E-state index in [1.54, 1.807) is 24.3 Å². The first kappa shape index (κ1) is 18.6. The molecule has 0 N–H and O–H groups in total. The van der Waals surface area contributed by atoms with E-state index in [1.807, 2.05) is 12.1 Å². The van der Waals surface area contributed by atoms with Gasteiger partial charge in [-0.25, -0.2) is 8.78 Å². The van der Waals surface area contributed by atoms with Crippen LogP contribution in [-0.4, -0.2) is 13.2 Å². The lowest BCUT2D eigenvalue weighted by Crippen LogP contribution is -2.26. The van der Waals surface area contributed by atoms with Crippen LogP contribution in [0.1, 0.15) is 36.3 Å². The van der Waals surface area contributed by atoms with E-state index in [9.17, 15) is 8.78 Å². The number of rotatable bonds is 2. The second-order valence-electron chi connectivity index (χ2n) is 6.97. The van der Waals surface area contributed by atoms with Crippen molar-refractivity contribution in [3.8, 4) is 11.8 Å². The van der Waals surface area contributed by atoms with E-state index in [0.29, 0.717) is 30.3 Å². The minimum atomic E-state index is -0.528. The molecule has 1 heterocycles. The summed E-state index contributed by atoms with van der Waals surface area (Å²) in [6.07, 6.45) is 0.472. The van der Waals surface area contributed by atoms with Gasteiger partial charge < -0.3 is 9.47 Å². The summed E-state index contributed by atoms with van der Waals surface area (Å²) < 4.78 is 39.1. The van der Waals surface area contributed by atoms with Crippen LogP contribution in [0.3, 0.4) is 0 Å². The van der Waals surface area contributed by atoms with Crippen molar-refractivity contribution in [2.45, 2.75) is 19.6 Å². The van der Waals surface area contributed by atoms with Crippen LogP contribution in [0.25, 0.3) is 10.8 Å². The molecule has 0 atom stereocenters. The molecule has 1 saturated heterocycles. The highest BCUT2D eigenvalue weighted by molar-refractivity contribution is 5.83. The van der Waals surface area contributed by atoms with Gasteiger partial charge in [0.25, 0.3) is 0 Å². The SMILES string of the molecule is CCC1COC(c2ccc(C#Cc3ccc4cc(F)ccc4c3)c(F)c2)OC1. The van der Waals surface area contributed by atoms with E-state index in [1.165, 1.54) is 18.2 Å². The lowest BCUT2D eigenvalue weighted by molar-refractivity contribution is -0.205. The standard InChI is InChI=1S/C24H20F2O2/c1-2-16-14-27-24(28-15-16)21-8-7-18(23(26)13-21)5-3-17-4-6-20-12-22(25)10-9-19(20)11-17/h4,6-13,16,24H,2,14-15H2,1H3. The molecule has 4 rings (SSSR count). The summed E-state index contributed by atoms with van der Waals surface area (Å²) in [5.41, 5.74) is 1.71. The molecule has 0 saturated carbocycles. The monoisotopic (exact) mass is 378 g/mol. The quantitative estimate of drug-likeness (QED) is 0.541. The van der Waals surface area contributed by atoms with E-state index >= 15 is 0 Å². The highest BCUT2D eigenvalue weighted by atomic mass is 19.1. The van der Waals surface area contributed by atoms with Gasteiger partial charge >= 0.3 is 0 Å². The molecule has 0 aromatic heterocycles. The molecule has 0 aliphatic carbocycles. The summed E-state index contributed by atoms with van der Waals surface area (Å²) in [6.45, 7) is 3.34. The topological polar surface area (TPSA) is 18.5 Å². The van der Waals surface area contributed by atoms with Gasteiger partial charge in [0.15, 0.2) is 6.29 Å². The van der Waals surface area contributed by atoms with Crippen LogP contribution in [0, 0.1) is 29.4 Å². The van der Waals surface area contributed by atoms with Crippen LogP contribution in [0.5, 0.6) is 0 Å². The average molecular weight is 378 g/mol. The molecular formula is C24H20F2O2. The Morgan fingerprint density at radius 2 is 1.64 bits per heavy atom. The zero-order chi connectivity index (χ0) is 19.5. The zero-order valence-corrected chi connectivity index (χ0v) is 15.5. The molecule has 1 fully saturated rings. The van der Waals surface area contributed by atoms with Gasteiger partial charge in [-0.3, -0.25) is 0 Å². The first-order chi connectivity index (χ1) is 13.6. The lowest BCUT2D eigenvalue weighted by Gasteiger charge is -2.29. The van der Waals surface area contributed by atoms with Gasteiger partial charge in [0.2, 0.25) is 0 Å². The van der Waals surface area contributed by atoms with Crippen molar-refractivity contribution in [3.05, 3.63) is 82.9 Å². The minimum Gasteiger partial charge on any atom is -0.348 e. The summed E-state index contributed by atoms with van der Waals surface area (Å²) in [4.78, 5) is 0. The van der Waals surface area contributed by atoms with E-state index in [-0.39, 0.29) is 5.82 Å². The van der Waals surface area contributed by atoms with Crippen molar-refractivity contribution in [3.63, 3.8) is 0 Å². The predicted molar refractivity (Wildman–Crippen MR) is 105 cm³/mol. The minimum absolute atomic E-state index is 0.273. The summed E-state index contributed by atoms with van der Waals surface area (Å²) in [5, 5.41) is 1.69. The fraction of sp³-hybridized carbons (Fsp3) is 0.250. The molecule has 3 aromatic carbocycles. The largest absolute Gasteiger partial charge is 0.348 e. The van der Waals surface area contributed by atoms with Gasteiger partial charge in [0.05, 0.1) is 18.8 Å². The van der Waals surface area contributed by atoms with Crippen molar-refractivity contribution in [1.82, 2.24) is 0 Å². The zero-order valence-electron chi connectivity index (χ0n) is 15.5. The normalized spacial score (nSPS) is 19.2. The average Bonchev–Trinajstić information content (AvgIpc) is 2.73. The summed E-state index contributed by atoms with van der Waals surface area (Å²) >= 11 is 0. The maximum Gasteiger partial charge on any atom is 0.183 e. The number of hydrogen-bond acceptors (Lipinski definition) is 2. The van der Waals surface area contributed by atoms with Gasteiger partial charge in [-0.1, -0.05) is 37.0 Å². The summed E-state index contributed by atoms with van der Waals surface area (Å²) in [7, 11) is 0. The smallest absolute Gasteiger partial charge is 0.183 e. The molecule has 0 amide bonds. The summed E-state index contributed by atoms with van der Waals surface area (Å²) in [5.74, 6) is 5.56. The molecule has 0 bridgehead atoms. The predicted octanol–water partition coefficient (Wildman–Crippen LogP) is 5.59. The molecule has 1 aliphatic heterocycles. The van der Waals surface area contributed by atoms with Gasteiger partial charge in [-0.2, -0.15) is 0 Å². The van der Waals surface area contributed by atoms with Gasteiger partial charge in [-0.15, -0.1) is 0 Å². The Balaban J connectivity index is 1.52. The van der Waals surface area contributed by atoms with Crippen molar-refractivity contribution in [2.75, 3.05) is 13.2 Å². The highest BCUT2D eigenvalue weighted by Gasteiger charge is 2.23. The van der Waals surface area contributed by atoms with Crippen LogP contribution in [0.15, 0.2) is 54.6 Å². The van der Waals surface area contributed by atoms with Crippen LogP contribution >= 0.6 is 0 Å². The first-order valence-electron chi connectivity index (χ1n) is 9.36. The number of halogens is 2. The molecule has 142 valence electrons. The molecule has 0 unspecified atom stereocenters. The fourth-order valence-corrected chi connectivity index (χ4v) is 3.18. The molecule has 2 nitrogen and oxygen atoms in total. The fourth-order valence-electron chi connectivity index (χ4n) is 3.18. The molecule has 0 spiro atoms. The Kier molecular flexibility index (Phi) is 5.38. The van der Waals surface area contributed by atoms with E-state index in [2.05, 4.69) is 18.8 Å². The molecule has 3 aromatic rings. The summed E-state index contributed by atoms with van der Waals surface area (Å²) in [6, 6.07) is 14.9.